The molecule has 2 atom stereocenters. The monoisotopic (exact) mass is 411 g/mol. The van der Waals surface area contributed by atoms with Gasteiger partial charge in [0.05, 0.1) is 0 Å². The van der Waals surface area contributed by atoms with Crippen LogP contribution in [0.1, 0.15) is 85.5 Å². The molecule has 2 fully saturated rings. The lowest BCUT2D eigenvalue weighted by Gasteiger charge is -2.33. The van der Waals surface area contributed by atoms with E-state index in [9.17, 15) is 14.7 Å². The van der Waals surface area contributed by atoms with E-state index < -0.39 is 11.7 Å². The van der Waals surface area contributed by atoms with Crippen molar-refractivity contribution in [3.05, 3.63) is 0 Å². The molecule has 0 aliphatic heterocycles. The summed E-state index contributed by atoms with van der Waals surface area (Å²) in [5, 5.41) is 19.6. The average Bonchev–Trinajstić information content (AvgIpc) is 2.66. The second-order valence-electron chi connectivity index (χ2n) is 9.84. The number of amides is 2. The first-order valence-electron chi connectivity index (χ1n) is 11.4. The Balaban J connectivity index is 1.65. The highest BCUT2D eigenvalue weighted by Gasteiger charge is 2.29. The molecule has 168 valence electrons. The minimum Gasteiger partial charge on any atom is -0.444 e. The molecule has 2 amide bonds. The van der Waals surface area contributed by atoms with E-state index in [4.69, 9.17) is 4.74 Å². The lowest BCUT2D eigenvalue weighted by Crippen LogP contribution is -2.52. The molecule has 0 aromatic carbocycles. The SMILES string of the molecule is CC(NC1CCC(NC(=O)OC(C)(C)C)CC1)[C@H](O)C(=O)NCC1CCCCC1. The third-order valence-corrected chi connectivity index (χ3v) is 5.98. The number of hydrogen-bond acceptors (Lipinski definition) is 5. The van der Waals surface area contributed by atoms with E-state index in [2.05, 4.69) is 16.0 Å². The van der Waals surface area contributed by atoms with Crippen molar-refractivity contribution in [1.29, 1.82) is 0 Å². The van der Waals surface area contributed by atoms with Crippen molar-refractivity contribution in [1.82, 2.24) is 16.0 Å². The van der Waals surface area contributed by atoms with Crippen LogP contribution in [0.5, 0.6) is 0 Å². The number of hydrogen-bond donors (Lipinski definition) is 4. The summed E-state index contributed by atoms with van der Waals surface area (Å²) in [7, 11) is 0. The maximum absolute atomic E-state index is 12.3. The molecule has 0 spiro atoms. The lowest BCUT2D eigenvalue weighted by molar-refractivity contribution is -0.130. The number of ether oxygens (including phenoxy) is 1. The van der Waals surface area contributed by atoms with Crippen LogP contribution in [0, 0.1) is 5.92 Å². The summed E-state index contributed by atoms with van der Waals surface area (Å²) in [6.45, 7) is 8.09. The zero-order chi connectivity index (χ0) is 21.4. The summed E-state index contributed by atoms with van der Waals surface area (Å²) in [5.41, 5.74) is -0.494. The second kappa shape index (κ2) is 11.2. The normalized spacial score (nSPS) is 25.7. The standard InChI is InChI=1S/C22H41N3O4/c1-15(19(26)20(27)23-14-16-8-6-5-7-9-16)24-17-10-12-18(13-11-17)25-21(28)29-22(2,3)4/h15-19,24,26H,5-14H2,1-4H3,(H,23,27)(H,25,28)/t15?,17?,18?,19-/m0/s1. The zero-order valence-electron chi connectivity index (χ0n) is 18.6. The average molecular weight is 412 g/mol. The number of aliphatic hydroxyl groups excluding tert-OH is 1. The van der Waals surface area contributed by atoms with Crippen LogP contribution in [-0.4, -0.2) is 53.5 Å². The minimum atomic E-state index is -1.05. The van der Waals surface area contributed by atoms with Gasteiger partial charge in [-0.1, -0.05) is 19.3 Å². The number of nitrogens with one attached hydrogen (secondary N) is 3. The van der Waals surface area contributed by atoms with E-state index in [1.807, 2.05) is 27.7 Å². The van der Waals surface area contributed by atoms with E-state index in [1.54, 1.807) is 0 Å². The molecule has 0 bridgehead atoms. The molecule has 29 heavy (non-hydrogen) atoms. The van der Waals surface area contributed by atoms with Crippen molar-refractivity contribution >= 4 is 12.0 Å². The number of aliphatic hydroxyl groups is 1. The quantitative estimate of drug-likeness (QED) is 0.516. The highest BCUT2D eigenvalue weighted by molar-refractivity contribution is 5.81. The first-order chi connectivity index (χ1) is 13.6. The van der Waals surface area contributed by atoms with Crippen molar-refractivity contribution < 1.29 is 19.4 Å². The molecule has 7 heteroatoms. The molecule has 2 aliphatic rings. The minimum absolute atomic E-state index is 0.113. The predicted molar refractivity (Wildman–Crippen MR) is 114 cm³/mol. The Kier molecular flexibility index (Phi) is 9.21. The summed E-state index contributed by atoms with van der Waals surface area (Å²) in [5.74, 6) is 0.270. The molecule has 4 N–H and O–H groups in total. The van der Waals surface area contributed by atoms with Crippen LogP contribution in [0.4, 0.5) is 4.79 Å². The topological polar surface area (TPSA) is 99.7 Å². The first-order valence-corrected chi connectivity index (χ1v) is 11.4. The summed E-state index contributed by atoms with van der Waals surface area (Å²) in [6, 6.07) is 0.0473. The Morgan fingerprint density at radius 1 is 1.00 bits per heavy atom. The van der Waals surface area contributed by atoms with Gasteiger partial charge in [-0.15, -0.1) is 0 Å². The molecular weight excluding hydrogens is 370 g/mol. The Bertz CT molecular complexity index is 521. The van der Waals surface area contributed by atoms with Crippen LogP contribution >= 0.6 is 0 Å². The summed E-state index contributed by atoms with van der Waals surface area (Å²) in [6.07, 6.45) is 8.20. The Morgan fingerprint density at radius 3 is 2.17 bits per heavy atom. The van der Waals surface area contributed by atoms with Crippen molar-refractivity contribution in [2.24, 2.45) is 5.92 Å². The van der Waals surface area contributed by atoms with Crippen molar-refractivity contribution in [3.63, 3.8) is 0 Å². The lowest BCUT2D eigenvalue weighted by atomic mass is 9.89. The Hall–Kier alpha value is -1.34. The van der Waals surface area contributed by atoms with Gasteiger partial charge < -0.3 is 25.8 Å². The number of carbonyl (C=O) groups is 2. The van der Waals surface area contributed by atoms with E-state index in [0.29, 0.717) is 12.5 Å². The van der Waals surface area contributed by atoms with Gasteiger partial charge in [-0.05, 0) is 72.1 Å². The molecule has 2 aliphatic carbocycles. The fourth-order valence-electron chi connectivity index (χ4n) is 4.31. The van der Waals surface area contributed by atoms with Gasteiger partial charge in [-0.25, -0.2) is 4.79 Å². The van der Waals surface area contributed by atoms with Gasteiger partial charge in [-0.2, -0.15) is 0 Å². The number of rotatable bonds is 7. The smallest absolute Gasteiger partial charge is 0.407 e. The zero-order valence-corrected chi connectivity index (χ0v) is 18.6. The fourth-order valence-corrected chi connectivity index (χ4v) is 4.31. The van der Waals surface area contributed by atoms with Gasteiger partial charge >= 0.3 is 6.09 Å². The van der Waals surface area contributed by atoms with Gasteiger partial charge in [0.2, 0.25) is 5.91 Å². The second-order valence-corrected chi connectivity index (χ2v) is 9.84. The first kappa shape index (κ1) is 23.9. The molecule has 1 unspecified atom stereocenters. The fraction of sp³-hybridized carbons (Fsp3) is 0.909. The summed E-state index contributed by atoms with van der Waals surface area (Å²) >= 11 is 0. The van der Waals surface area contributed by atoms with E-state index >= 15 is 0 Å². The molecule has 2 rings (SSSR count). The van der Waals surface area contributed by atoms with Crippen molar-refractivity contribution in [2.45, 2.75) is 115 Å². The molecule has 0 aromatic rings. The van der Waals surface area contributed by atoms with Gasteiger partial charge in [-0.3, -0.25) is 4.79 Å². The van der Waals surface area contributed by atoms with Gasteiger partial charge in [0.15, 0.2) is 0 Å². The van der Waals surface area contributed by atoms with Crippen LogP contribution in [0.25, 0.3) is 0 Å². The summed E-state index contributed by atoms with van der Waals surface area (Å²) in [4.78, 5) is 24.2. The van der Waals surface area contributed by atoms with Gasteiger partial charge in [0, 0.05) is 24.7 Å². The third kappa shape index (κ3) is 8.91. The maximum atomic E-state index is 12.3. The van der Waals surface area contributed by atoms with Crippen LogP contribution < -0.4 is 16.0 Å². The van der Waals surface area contributed by atoms with Gasteiger partial charge in [0.1, 0.15) is 11.7 Å². The van der Waals surface area contributed by atoms with Gasteiger partial charge in [0.25, 0.3) is 0 Å². The van der Waals surface area contributed by atoms with Crippen LogP contribution in [0.15, 0.2) is 0 Å². The largest absolute Gasteiger partial charge is 0.444 e. The molecule has 2 saturated carbocycles. The van der Waals surface area contributed by atoms with E-state index in [0.717, 1.165) is 25.7 Å². The predicted octanol–water partition coefficient (Wildman–Crippen LogP) is 2.86. The molecule has 0 saturated heterocycles. The maximum Gasteiger partial charge on any atom is 0.407 e. The van der Waals surface area contributed by atoms with Crippen LogP contribution in [-0.2, 0) is 9.53 Å². The third-order valence-electron chi connectivity index (χ3n) is 5.98. The molecule has 0 heterocycles. The Labute approximate surface area is 175 Å². The molecular formula is C22H41N3O4. The van der Waals surface area contributed by atoms with Crippen molar-refractivity contribution in [3.8, 4) is 0 Å². The molecule has 0 radical (unpaired) electrons. The summed E-state index contributed by atoms with van der Waals surface area (Å²) < 4.78 is 5.31. The number of alkyl carbamates (subject to hydrolysis) is 1. The molecule has 7 nitrogen and oxygen atoms in total. The van der Waals surface area contributed by atoms with Crippen molar-refractivity contribution in [2.75, 3.05) is 6.54 Å². The van der Waals surface area contributed by atoms with Crippen LogP contribution in [0.3, 0.4) is 0 Å². The number of carbonyl (C=O) groups excluding carboxylic acids is 2. The van der Waals surface area contributed by atoms with E-state index in [-0.39, 0.29) is 30.1 Å². The Morgan fingerprint density at radius 2 is 1.59 bits per heavy atom. The molecule has 0 aromatic heterocycles. The highest BCUT2D eigenvalue weighted by atomic mass is 16.6. The van der Waals surface area contributed by atoms with E-state index in [1.165, 1.54) is 32.1 Å². The highest BCUT2D eigenvalue weighted by Crippen LogP contribution is 2.23. The van der Waals surface area contributed by atoms with Crippen LogP contribution in [0.2, 0.25) is 0 Å².